The Morgan fingerprint density at radius 3 is 2.71 bits per heavy atom. The Morgan fingerprint density at radius 1 is 1.53 bits per heavy atom. The molecule has 0 radical (unpaired) electrons. The number of rotatable bonds is 5. The number of nitrogens with one attached hydrogen (secondary N) is 1. The average molecular weight is 238 g/mol. The van der Waals surface area contributed by atoms with E-state index in [4.69, 9.17) is 15.6 Å². The Hall–Kier alpha value is -1.75. The van der Waals surface area contributed by atoms with Crippen molar-refractivity contribution in [2.24, 2.45) is 0 Å². The number of nitrogen functional groups attached to an aromatic ring is 1. The first kappa shape index (κ1) is 13.3. The summed E-state index contributed by atoms with van der Waals surface area (Å²) in [5, 5.41) is 12.0. The van der Waals surface area contributed by atoms with E-state index >= 15 is 0 Å². The molecule has 0 spiro atoms. The van der Waals surface area contributed by atoms with E-state index in [1.54, 1.807) is 19.2 Å². The molecule has 1 rings (SSSR count). The maximum Gasteiger partial charge on any atom is 0.337 e. The molecule has 0 aromatic heterocycles. The lowest BCUT2D eigenvalue weighted by Gasteiger charge is -2.23. The minimum atomic E-state index is -1.03. The number of nitrogens with two attached hydrogens (primary N) is 1. The number of ether oxygens (including phenoxy) is 1. The Kier molecular flexibility index (Phi) is 3.96. The standard InChI is InChI=1S/C12H18N2O3/c1-12(2,17-3)7-14-8-4-5-10(13)9(6-8)11(15)16/h4-6,14H,7,13H2,1-3H3,(H,15,16). The smallest absolute Gasteiger partial charge is 0.337 e. The van der Waals surface area contributed by atoms with Crippen LogP contribution in [-0.2, 0) is 4.74 Å². The molecule has 17 heavy (non-hydrogen) atoms. The lowest BCUT2D eigenvalue weighted by molar-refractivity contribution is 0.0344. The molecule has 0 unspecified atom stereocenters. The molecule has 0 amide bonds. The highest BCUT2D eigenvalue weighted by Crippen LogP contribution is 2.19. The van der Waals surface area contributed by atoms with Crippen LogP contribution in [0.1, 0.15) is 24.2 Å². The van der Waals surface area contributed by atoms with Crippen molar-refractivity contribution < 1.29 is 14.6 Å². The number of methoxy groups -OCH3 is 1. The van der Waals surface area contributed by atoms with Gasteiger partial charge in [0.15, 0.2) is 0 Å². The van der Waals surface area contributed by atoms with Gasteiger partial charge in [0.1, 0.15) is 0 Å². The first-order valence-electron chi connectivity index (χ1n) is 5.27. The topological polar surface area (TPSA) is 84.6 Å². The fraction of sp³-hybridized carbons (Fsp3) is 0.417. The summed E-state index contributed by atoms with van der Waals surface area (Å²) in [5.74, 6) is -1.03. The van der Waals surface area contributed by atoms with E-state index in [0.717, 1.165) is 0 Å². The third-order valence-electron chi connectivity index (χ3n) is 2.55. The SMILES string of the molecule is COC(C)(C)CNc1ccc(N)c(C(=O)O)c1. The second kappa shape index (κ2) is 5.05. The van der Waals surface area contributed by atoms with Gasteiger partial charge in [0, 0.05) is 25.0 Å². The van der Waals surface area contributed by atoms with Gasteiger partial charge in [-0.05, 0) is 32.0 Å². The quantitative estimate of drug-likeness (QED) is 0.681. The van der Waals surface area contributed by atoms with Crippen LogP contribution in [0, 0.1) is 0 Å². The number of benzene rings is 1. The normalized spacial score (nSPS) is 11.2. The zero-order valence-electron chi connectivity index (χ0n) is 10.3. The number of carboxylic acid groups (broad SMARTS) is 1. The fourth-order valence-corrected chi connectivity index (χ4v) is 1.24. The van der Waals surface area contributed by atoms with Gasteiger partial charge in [0.25, 0.3) is 0 Å². The minimum Gasteiger partial charge on any atom is -0.478 e. The van der Waals surface area contributed by atoms with Crippen LogP contribution < -0.4 is 11.1 Å². The van der Waals surface area contributed by atoms with Gasteiger partial charge in [-0.2, -0.15) is 0 Å². The molecule has 0 saturated heterocycles. The van der Waals surface area contributed by atoms with Gasteiger partial charge < -0.3 is 20.9 Å². The summed E-state index contributed by atoms with van der Waals surface area (Å²) in [6.07, 6.45) is 0. The third-order valence-corrected chi connectivity index (χ3v) is 2.55. The van der Waals surface area contributed by atoms with E-state index in [-0.39, 0.29) is 16.9 Å². The second-order valence-corrected chi connectivity index (χ2v) is 4.42. The van der Waals surface area contributed by atoms with Crippen molar-refractivity contribution in [1.29, 1.82) is 0 Å². The lowest BCUT2D eigenvalue weighted by Crippen LogP contribution is -2.32. The average Bonchev–Trinajstić information content (AvgIpc) is 2.27. The summed E-state index contributed by atoms with van der Waals surface area (Å²) in [7, 11) is 1.63. The van der Waals surface area contributed by atoms with Gasteiger partial charge in [-0.3, -0.25) is 0 Å². The molecule has 0 heterocycles. The van der Waals surface area contributed by atoms with Crippen LogP contribution in [0.25, 0.3) is 0 Å². The number of anilines is 2. The zero-order valence-corrected chi connectivity index (χ0v) is 10.3. The van der Waals surface area contributed by atoms with Crippen molar-refractivity contribution in [3.8, 4) is 0 Å². The van der Waals surface area contributed by atoms with Crippen molar-refractivity contribution in [1.82, 2.24) is 0 Å². The molecule has 94 valence electrons. The van der Waals surface area contributed by atoms with Crippen LogP contribution in [0.3, 0.4) is 0 Å². The fourth-order valence-electron chi connectivity index (χ4n) is 1.24. The maximum absolute atomic E-state index is 10.9. The predicted octanol–water partition coefficient (Wildman–Crippen LogP) is 1.80. The molecule has 4 N–H and O–H groups in total. The van der Waals surface area contributed by atoms with Crippen molar-refractivity contribution in [2.75, 3.05) is 24.7 Å². The third kappa shape index (κ3) is 3.64. The summed E-state index contributed by atoms with van der Waals surface area (Å²) < 4.78 is 5.26. The first-order valence-corrected chi connectivity index (χ1v) is 5.27. The molecule has 0 saturated carbocycles. The van der Waals surface area contributed by atoms with E-state index in [1.807, 2.05) is 13.8 Å². The van der Waals surface area contributed by atoms with Gasteiger partial charge in [-0.15, -0.1) is 0 Å². The molecule has 5 nitrogen and oxygen atoms in total. The maximum atomic E-state index is 10.9. The molecule has 1 aromatic carbocycles. The first-order chi connectivity index (χ1) is 7.85. The molecule has 0 atom stereocenters. The lowest BCUT2D eigenvalue weighted by atomic mass is 10.1. The van der Waals surface area contributed by atoms with Crippen molar-refractivity contribution in [3.63, 3.8) is 0 Å². The number of hydrogen-bond acceptors (Lipinski definition) is 4. The monoisotopic (exact) mass is 238 g/mol. The summed E-state index contributed by atoms with van der Waals surface area (Å²) in [5.41, 5.74) is 6.32. The van der Waals surface area contributed by atoms with E-state index in [0.29, 0.717) is 12.2 Å². The molecule has 0 fully saturated rings. The largest absolute Gasteiger partial charge is 0.478 e. The van der Waals surface area contributed by atoms with E-state index < -0.39 is 5.97 Å². The molecule has 1 aromatic rings. The number of aromatic carboxylic acids is 1. The minimum absolute atomic E-state index is 0.102. The summed E-state index contributed by atoms with van der Waals surface area (Å²) >= 11 is 0. The van der Waals surface area contributed by atoms with Crippen molar-refractivity contribution >= 4 is 17.3 Å². The van der Waals surface area contributed by atoms with Gasteiger partial charge in [-0.1, -0.05) is 0 Å². The van der Waals surface area contributed by atoms with E-state index in [9.17, 15) is 4.79 Å². The van der Waals surface area contributed by atoms with Crippen LogP contribution in [0.15, 0.2) is 18.2 Å². The van der Waals surface area contributed by atoms with Gasteiger partial charge in [-0.25, -0.2) is 4.79 Å². The van der Waals surface area contributed by atoms with Gasteiger partial charge >= 0.3 is 5.97 Å². The Labute approximate surface area is 101 Å². The van der Waals surface area contributed by atoms with Gasteiger partial charge in [0.05, 0.1) is 11.2 Å². The number of carboxylic acids is 1. The van der Waals surface area contributed by atoms with Crippen LogP contribution in [0.5, 0.6) is 0 Å². The van der Waals surface area contributed by atoms with Crippen LogP contribution in [-0.4, -0.2) is 30.3 Å². The molecule has 0 aliphatic carbocycles. The molecular weight excluding hydrogens is 220 g/mol. The van der Waals surface area contributed by atoms with E-state index in [2.05, 4.69) is 5.32 Å². The van der Waals surface area contributed by atoms with Crippen molar-refractivity contribution in [3.05, 3.63) is 23.8 Å². The van der Waals surface area contributed by atoms with Crippen LogP contribution in [0.4, 0.5) is 11.4 Å². The van der Waals surface area contributed by atoms with Crippen LogP contribution >= 0.6 is 0 Å². The second-order valence-electron chi connectivity index (χ2n) is 4.42. The summed E-state index contributed by atoms with van der Waals surface area (Å²) in [6.45, 7) is 4.46. The highest BCUT2D eigenvalue weighted by molar-refractivity contribution is 5.94. The Balaban J connectivity index is 2.80. The highest BCUT2D eigenvalue weighted by atomic mass is 16.5. The Bertz CT molecular complexity index is 416. The van der Waals surface area contributed by atoms with Crippen LogP contribution in [0.2, 0.25) is 0 Å². The molecular formula is C12H18N2O3. The van der Waals surface area contributed by atoms with Crippen molar-refractivity contribution in [2.45, 2.75) is 19.4 Å². The predicted molar refractivity (Wildman–Crippen MR) is 67.4 cm³/mol. The summed E-state index contributed by atoms with van der Waals surface area (Å²) in [6, 6.07) is 4.84. The summed E-state index contributed by atoms with van der Waals surface area (Å²) in [4.78, 5) is 10.9. The number of hydrogen-bond donors (Lipinski definition) is 3. The Morgan fingerprint density at radius 2 is 2.18 bits per heavy atom. The molecule has 5 heteroatoms. The van der Waals surface area contributed by atoms with E-state index in [1.165, 1.54) is 6.07 Å². The molecule has 0 aliphatic heterocycles. The highest BCUT2D eigenvalue weighted by Gasteiger charge is 2.16. The van der Waals surface area contributed by atoms with Gasteiger partial charge in [0.2, 0.25) is 0 Å². The molecule has 0 bridgehead atoms. The zero-order chi connectivity index (χ0) is 13.1. The number of carbonyl (C=O) groups is 1. The molecule has 0 aliphatic rings.